The van der Waals surface area contributed by atoms with Gasteiger partial charge in [0, 0.05) is 24.9 Å². The zero-order valence-electron chi connectivity index (χ0n) is 15.7. The Bertz CT molecular complexity index is 628. The van der Waals surface area contributed by atoms with E-state index < -0.39 is 0 Å². The Balaban J connectivity index is 2.03. The van der Waals surface area contributed by atoms with E-state index in [1.54, 1.807) is 6.08 Å². The van der Waals surface area contributed by atoms with Crippen molar-refractivity contribution in [2.75, 3.05) is 6.54 Å². The van der Waals surface area contributed by atoms with Crippen LogP contribution in [-0.4, -0.2) is 18.4 Å². The van der Waals surface area contributed by atoms with Crippen molar-refractivity contribution in [1.82, 2.24) is 10.6 Å². The van der Waals surface area contributed by atoms with E-state index in [1.165, 1.54) is 22.3 Å². The molecule has 2 atom stereocenters. The highest BCUT2D eigenvalue weighted by atomic mass is 16.2. The highest BCUT2D eigenvalue weighted by Crippen LogP contribution is 2.30. The van der Waals surface area contributed by atoms with Crippen LogP contribution in [0.1, 0.15) is 47.9 Å². The van der Waals surface area contributed by atoms with Crippen molar-refractivity contribution in [3.63, 3.8) is 0 Å². The third kappa shape index (κ3) is 4.94. The number of amides is 2. The highest BCUT2D eigenvalue weighted by molar-refractivity contribution is 5.88. The first-order valence-corrected chi connectivity index (χ1v) is 9.17. The third-order valence-electron chi connectivity index (χ3n) is 5.14. The second-order valence-corrected chi connectivity index (χ2v) is 7.13. The molecule has 2 N–H and O–H groups in total. The van der Waals surface area contributed by atoms with Crippen molar-refractivity contribution >= 4 is 11.8 Å². The monoisotopic (exact) mass is 342 g/mol. The molecular weight excluding hydrogens is 312 g/mol. The van der Waals surface area contributed by atoms with Crippen LogP contribution in [-0.2, 0) is 16.1 Å². The van der Waals surface area contributed by atoms with Crippen LogP contribution in [0.15, 0.2) is 24.8 Å². The van der Waals surface area contributed by atoms with Crippen LogP contribution in [0.5, 0.6) is 0 Å². The van der Waals surface area contributed by atoms with Crippen molar-refractivity contribution < 1.29 is 9.59 Å². The molecule has 0 saturated heterocycles. The summed E-state index contributed by atoms with van der Waals surface area (Å²) in [6, 6.07) is 4.28. The van der Waals surface area contributed by atoms with E-state index in [2.05, 4.69) is 50.1 Å². The molecule has 0 aliphatic heterocycles. The number of carbonyl (C=O) groups excluding carboxylic acids is 2. The standard InChI is InChI=1S/C21H30N2O2/c1-5-10-22-20(24)17-8-6-7-9-18(17)21(25)23-13-19-15(3)11-14(2)12-16(19)4/h5,11-12,17-18H,1,6-10,13H2,2-4H3,(H,22,24)(H,23,25)/t17-,18+/m1/s1. The summed E-state index contributed by atoms with van der Waals surface area (Å²) in [5, 5.41) is 5.92. The number of hydrogen-bond acceptors (Lipinski definition) is 2. The number of benzene rings is 1. The number of nitrogens with one attached hydrogen (secondary N) is 2. The van der Waals surface area contributed by atoms with Crippen molar-refractivity contribution in [2.45, 2.75) is 53.0 Å². The minimum atomic E-state index is -0.232. The molecule has 4 nitrogen and oxygen atoms in total. The summed E-state index contributed by atoms with van der Waals surface area (Å²) in [6.45, 7) is 10.8. The lowest BCUT2D eigenvalue weighted by Crippen LogP contribution is -2.43. The van der Waals surface area contributed by atoms with Crippen molar-refractivity contribution in [3.8, 4) is 0 Å². The fourth-order valence-corrected chi connectivity index (χ4v) is 3.86. The molecule has 0 unspecified atom stereocenters. The molecule has 0 bridgehead atoms. The lowest BCUT2D eigenvalue weighted by atomic mass is 9.78. The van der Waals surface area contributed by atoms with Gasteiger partial charge >= 0.3 is 0 Å². The molecule has 0 radical (unpaired) electrons. The highest BCUT2D eigenvalue weighted by Gasteiger charge is 2.35. The van der Waals surface area contributed by atoms with Gasteiger partial charge in [0.2, 0.25) is 11.8 Å². The van der Waals surface area contributed by atoms with Gasteiger partial charge in [-0.25, -0.2) is 0 Å². The van der Waals surface area contributed by atoms with E-state index in [-0.39, 0.29) is 23.7 Å². The summed E-state index contributed by atoms with van der Waals surface area (Å²) < 4.78 is 0. The smallest absolute Gasteiger partial charge is 0.224 e. The van der Waals surface area contributed by atoms with Crippen LogP contribution in [0.4, 0.5) is 0 Å². The Labute approximate surface area is 151 Å². The van der Waals surface area contributed by atoms with Gasteiger partial charge in [-0.05, 0) is 50.3 Å². The average Bonchev–Trinajstić information content (AvgIpc) is 2.58. The van der Waals surface area contributed by atoms with Gasteiger partial charge < -0.3 is 10.6 Å². The second-order valence-electron chi connectivity index (χ2n) is 7.13. The molecule has 2 rings (SSSR count). The summed E-state index contributed by atoms with van der Waals surface area (Å²) in [4.78, 5) is 25.1. The largest absolute Gasteiger partial charge is 0.352 e. The lowest BCUT2D eigenvalue weighted by Gasteiger charge is -2.29. The fraction of sp³-hybridized carbons (Fsp3) is 0.524. The predicted molar refractivity (Wildman–Crippen MR) is 101 cm³/mol. The minimum absolute atomic E-state index is 0.00201. The summed E-state index contributed by atoms with van der Waals surface area (Å²) >= 11 is 0. The van der Waals surface area contributed by atoms with Gasteiger partial charge in [-0.15, -0.1) is 6.58 Å². The SMILES string of the molecule is C=CCNC(=O)[C@@H]1CCCC[C@@H]1C(=O)NCc1c(C)cc(C)cc1C. The van der Waals surface area contributed by atoms with Gasteiger partial charge in [-0.2, -0.15) is 0 Å². The van der Waals surface area contributed by atoms with E-state index >= 15 is 0 Å². The first-order chi connectivity index (χ1) is 11.9. The molecule has 1 aliphatic carbocycles. The molecule has 136 valence electrons. The summed E-state index contributed by atoms with van der Waals surface area (Å²) in [6.07, 6.45) is 5.24. The minimum Gasteiger partial charge on any atom is -0.352 e. The summed E-state index contributed by atoms with van der Waals surface area (Å²) in [5.41, 5.74) is 4.79. The van der Waals surface area contributed by atoms with E-state index in [4.69, 9.17) is 0 Å². The molecule has 1 saturated carbocycles. The van der Waals surface area contributed by atoms with Crippen molar-refractivity contribution in [1.29, 1.82) is 0 Å². The molecule has 0 aromatic heterocycles. The van der Waals surface area contributed by atoms with E-state index in [9.17, 15) is 9.59 Å². The van der Waals surface area contributed by atoms with Crippen LogP contribution < -0.4 is 10.6 Å². The van der Waals surface area contributed by atoms with Crippen LogP contribution in [0.3, 0.4) is 0 Å². The number of rotatable bonds is 6. The van der Waals surface area contributed by atoms with Gasteiger partial charge in [-0.3, -0.25) is 9.59 Å². The number of aryl methyl sites for hydroxylation is 3. The molecule has 2 amide bonds. The molecule has 25 heavy (non-hydrogen) atoms. The molecule has 1 aromatic rings. The van der Waals surface area contributed by atoms with E-state index in [1.807, 2.05) is 0 Å². The van der Waals surface area contributed by atoms with Gasteiger partial charge in [-0.1, -0.05) is 36.6 Å². The normalized spacial score (nSPS) is 20.0. The van der Waals surface area contributed by atoms with Gasteiger partial charge in [0.05, 0.1) is 0 Å². The Morgan fingerprint density at radius 2 is 1.56 bits per heavy atom. The van der Waals surface area contributed by atoms with E-state index in [0.717, 1.165) is 25.7 Å². The maximum absolute atomic E-state index is 12.7. The first kappa shape index (κ1) is 19.2. The van der Waals surface area contributed by atoms with Crippen LogP contribution in [0, 0.1) is 32.6 Å². The Morgan fingerprint density at radius 3 is 2.08 bits per heavy atom. The maximum atomic E-state index is 12.7. The lowest BCUT2D eigenvalue weighted by molar-refractivity contribution is -0.136. The molecule has 0 heterocycles. The quantitative estimate of drug-likeness (QED) is 0.779. The summed E-state index contributed by atoms with van der Waals surface area (Å²) in [7, 11) is 0. The average molecular weight is 342 g/mol. The molecule has 1 aliphatic rings. The Kier molecular flexibility index (Phi) is 6.80. The Hall–Kier alpha value is -2.10. The van der Waals surface area contributed by atoms with Crippen molar-refractivity contribution in [2.24, 2.45) is 11.8 Å². The topological polar surface area (TPSA) is 58.2 Å². The van der Waals surface area contributed by atoms with Crippen LogP contribution in [0.25, 0.3) is 0 Å². The fourth-order valence-electron chi connectivity index (χ4n) is 3.86. The number of carbonyl (C=O) groups is 2. The molecular formula is C21H30N2O2. The predicted octanol–water partition coefficient (Wildman–Crippen LogP) is 3.34. The second kappa shape index (κ2) is 8.84. The van der Waals surface area contributed by atoms with Gasteiger partial charge in [0.25, 0.3) is 0 Å². The molecule has 1 fully saturated rings. The van der Waals surface area contributed by atoms with Crippen LogP contribution in [0.2, 0.25) is 0 Å². The summed E-state index contributed by atoms with van der Waals surface area (Å²) in [5.74, 6) is -0.487. The molecule has 0 spiro atoms. The maximum Gasteiger partial charge on any atom is 0.224 e. The third-order valence-corrected chi connectivity index (χ3v) is 5.14. The van der Waals surface area contributed by atoms with Gasteiger partial charge in [0.15, 0.2) is 0 Å². The van der Waals surface area contributed by atoms with Crippen LogP contribution >= 0.6 is 0 Å². The van der Waals surface area contributed by atoms with E-state index in [0.29, 0.717) is 13.1 Å². The number of hydrogen-bond donors (Lipinski definition) is 2. The zero-order valence-corrected chi connectivity index (χ0v) is 15.7. The molecule has 4 heteroatoms. The van der Waals surface area contributed by atoms with Crippen molar-refractivity contribution in [3.05, 3.63) is 47.0 Å². The first-order valence-electron chi connectivity index (χ1n) is 9.17. The zero-order chi connectivity index (χ0) is 18.4. The molecule has 1 aromatic carbocycles. The Morgan fingerprint density at radius 1 is 1.04 bits per heavy atom. The van der Waals surface area contributed by atoms with Gasteiger partial charge in [0.1, 0.15) is 0 Å².